The van der Waals surface area contributed by atoms with Crippen molar-refractivity contribution in [1.82, 2.24) is 9.80 Å². The summed E-state index contributed by atoms with van der Waals surface area (Å²) in [4.78, 5) is 16.3. The Morgan fingerprint density at radius 1 is 1.25 bits per heavy atom. The van der Waals surface area contributed by atoms with E-state index < -0.39 is 0 Å². The minimum absolute atomic E-state index is 0.0298. The lowest BCUT2D eigenvalue weighted by molar-refractivity contribution is -0.114. The fourth-order valence-corrected chi connectivity index (χ4v) is 3.88. The second-order valence-electron chi connectivity index (χ2n) is 6.98. The number of nitrogens with zero attached hydrogens (tertiary/aromatic N) is 2. The Morgan fingerprint density at radius 2 is 2.04 bits per heavy atom. The molecule has 0 radical (unpaired) electrons. The van der Waals surface area contributed by atoms with Crippen LogP contribution >= 0.6 is 0 Å². The van der Waals surface area contributed by atoms with E-state index in [0.717, 1.165) is 45.1 Å². The summed E-state index contributed by atoms with van der Waals surface area (Å²) in [6, 6.07) is 9.31. The highest BCUT2D eigenvalue weighted by Gasteiger charge is 2.34. The number of carbonyl (C=O) groups excluding carboxylic acids is 1. The van der Waals surface area contributed by atoms with Crippen LogP contribution in [-0.4, -0.2) is 60.6 Å². The minimum atomic E-state index is -0.0298. The number of fused-ring (bicyclic) bond motifs is 1. The quantitative estimate of drug-likeness (QED) is 0.899. The molecular formula is C19H29N3O2. The molecule has 0 spiro atoms. The normalized spacial score (nSPS) is 25.2. The lowest BCUT2D eigenvalue weighted by atomic mass is 10.0. The van der Waals surface area contributed by atoms with Crippen LogP contribution in [0.2, 0.25) is 0 Å². The van der Waals surface area contributed by atoms with Gasteiger partial charge in [-0.25, -0.2) is 0 Å². The van der Waals surface area contributed by atoms with Crippen molar-refractivity contribution in [2.75, 3.05) is 38.2 Å². The molecule has 132 valence electrons. The van der Waals surface area contributed by atoms with Gasteiger partial charge in [0, 0.05) is 50.9 Å². The van der Waals surface area contributed by atoms with Crippen molar-refractivity contribution in [2.24, 2.45) is 0 Å². The van der Waals surface area contributed by atoms with Gasteiger partial charge in [-0.05, 0) is 24.1 Å². The van der Waals surface area contributed by atoms with Crippen LogP contribution in [0.25, 0.3) is 0 Å². The van der Waals surface area contributed by atoms with Gasteiger partial charge in [-0.3, -0.25) is 14.6 Å². The van der Waals surface area contributed by atoms with Gasteiger partial charge in [0.2, 0.25) is 5.91 Å². The van der Waals surface area contributed by atoms with Crippen molar-refractivity contribution in [3.05, 3.63) is 29.8 Å². The van der Waals surface area contributed by atoms with E-state index in [4.69, 9.17) is 4.74 Å². The van der Waals surface area contributed by atoms with E-state index in [9.17, 15) is 4.79 Å². The van der Waals surface area contributed by atoms with Crippen molar-refractivity contribution in [2.45, 2.75) is 45.3 Å². The topological polar surface area (TPSA) is 44.8 Å². The Hall–Kier alpha value is -1.43. The number of ether oxygens (including phenoxy) is 1. The summed E-state index contributed by atoms with van der Waals surface area (Å²) in [5.41, 5.74) is 2.15. The first-order chi connectivity index (χ1) is 11.7. The van der Waals surface area contributed by atoms with Gasteiger partial charge in [0.25, 0.3) is 0 Å². The molecule has 2 aliphatic heterocycles. The van der Waals surface area contributed by atoms with Crippen LogP contribution in [0.15, 0.2) is 24.3 Å². The molecule has 2 aliphatic rings. The number of nitrogens with one attached hydrogen (secondary N) is 1. The molecule has 0 aliphatic carbocycles. The first-order valence-electron chi connectivity index (χ1n) is 9.08. The van der Waals surface area contributed by atoms with Crippen LogP contribution in [-0.2, 0) is 16.1 Å². The Kier molecular flexibility index (Phi) is 5.87. The summed E-state index contributed by atoms with van der Waals surface area (Å²) < 4.78 is 5.85. The standard InChI is InChI=1S/C19H29N3O2/c1-3-4-18-13-24-14-19-12-21(9-10-22(18)19)11-16-5-7-17(8-6-16)20-15(2)23/h5-8,18-19H,3-4,9-14H2,1-2H3,(H,20,23)/t18-,19+/m0/s1. The molecule has 2 heterocycles. The zero-order chi connectivity index (χ0) is 16.9. The predicted molar refractivity (Wildman–Crippen MR) is 96.0 cm³/mol. The Bertz CT molecular complexity index is 544. The van der Waals surface area contributed by atoms with Crippen LogP contribution in [0.5, 0.6) is 0 Å². The second-order valence-corrected chi connectivity index (χ2v) is 6.98. The summed E-state index contributed by atoms with van der Waals surface area (Å²) in [6.07, 6.45) is 2.46. The number of amides is 1. The third kappa shape index (κ3) is 4.35. The zero-order valence-corrected chi connectivity index (χ0v) is 14.8. The van der Waals surface area contributed by atoms with E-state index in [2.05, 4.69) is 34.2 Å². The molecule has 0 aromatic heterocycles. The van der Waals surface area contributed by atoms with E-state index in [0.29, 0.717) is 12.1 Å². The third-order valence-electron chi connectivity index (χ3n) is 5.00. The number of benzene rings is 1. The van der Waals surface area contributed by atoms with Crippen molar-refractivity contribution in [3.63, 3.8) is 0 Å². The van der Waals surface area contributed by atoms with E-state index in [1.807, 2.05) is 12.1 Å². The molecule has 24 heavy (non-hydrogen) atoms. The summed E-state index contributed by atoms with van der Waals surface area (Å²) in [7, 11) is 0. The lowest BCUT2D eigenvalue weighted by Crippen LogP contribution is -2.61. The number of anilines is 1. The number of rotatable bonds is 5. The maximum absolute atomic E-state index is 11.1. The number of hydrogen-bond acceptors (Lipinski definition) is 4. The molecule has 0 saturated carbocycles. The summed E-state index contributed by atoms with van der Waals surface area (Å²) in [5, 5.41) is 2.81. The predicted octanol–water partition coefficient (Wildman–Crippen LogP) is 2.33. The van der Waals surface area contributed by atoms with Gasteiger partial charge in [-0.15, -0.1) is 0 Å². The van der Waals surface area contributed by atoms with Crippen molar-refractivity contribution in [3.8, 4) is 0 Å². The van der Waals surface area contributed by atoms with E-state index in [-0.39, 0.29) is 5.91 Å². The van der Waals surface area contributed by atoms with Crippen molar-refractivity contribution < 1.29 is 9.53 Å². The molecule has 5 nitrogen and oxygen atoms in total. The molecule has 2 fully saturated rings. The van der Waals surface area contributed by atoms with Gasteiger partial charge in [0.15, 0.2) is 0 Å². The molecule has 3 rings (SSSR count). The van der Waals surface area contributed by atoms with Crippen molar-refractivity contribution >= 4 is 11.6 Å². The smallest absolute Gasteiger partial charge is 0.221 e. The van der Waals surface area contributed by atoms with Gasteiger partial charge < -0.3 is 10.1 Å². The minimum Gasteiger partial charge on any atom is -0.378 e. The average molecular weight is 331 g/mol. The van der Waals surface area contributed by atoms with Gasteiger partial charge in [0.05, 0.1) is 13.2 Å². The van der Waals surface area contributed by atoms with E-state index >= 15 is 0 Å². The monoisotopic (exact) mass is 331 g/mol. The Labute approximate surface area is 145 Å². The van der Waals surface area contributed by atoms with Gasteiger partial charge in [-0.2, -0.15) is 0 Å². The zero-order valence-electron chi connectivity index (χ0n) is 14.8. The molecule has 1 aromatic carbocycles. The first-order valence-corrected chi connectivity index (χ1v) is 9.08. The van der Waals surface area contributed by atoms with Crippen LogP contribution in [0, 0.1) is 0 Å². The molecular weight excluding hydrogens is 302 g/mol. The van der Waals surface area contributed by atoms with E-state index in [1.54, 1.807) is 0 Å². The highest BCUT2D eigenvalue weighted by atomic mass is 16.5. The summed E-state index contributed by atoms with van der Waals surface area (Å²) in [5.74, 6) is -0.0298. The van der Waals surface area contributed by atoms with Gasteiger partial charge >= 0.3 is 0 Å². The fraction of sp³-hybridized carbons (Fsp3) is 0.632. The van der Waals surface area contributed by atoms with Crippen molar-refractivity contribution in [1.29, 1.82) is 0 Å². The number of hydrogen-bond donors (Lipinski definition) is 1. The molecule has 1 amide bonds. The maximum Gasteiger partial charge on any atom is 0.221 e. The molecule has 5 heteroatoms. The lowest BCUT2D eigenvalue weighted by Gasteiger charge is -2.48. The molecule has 1 N–H and O–H groups in total. The molecule has 0 bridgehead atoms. The fourth-order valence-electron chi connectivity index (χ4n) is 3.88. The Balaban J connectivity index is 1.55. The molecule has 1 aromatic rings. The number of carbonyl (C=O) groups is 1. The summed E-state index contributed by atoms with van der Waals surface area (Å²) in [6.45, 7) is 9.84. The number of piperazine rings is 1. The molecule has 2 saturated heterocycles. The highest BCUT2D eigenvalue weighted by molar-refractivity contribution is 5.88. The summed E-state index contributed by atoms with van der Waals surface area (Å²) >= 11 is 0. The van der Waals surface area contributed by atoms with Crippen LogP contribution < -0.4 is 5.32 Å². The highest BCUT2D eigenvalue weighted by Crippen LogP contribution is 2.22. The van der Waals surface area contributed by atoms with Crippen LogP contribution in [0.4, 0.5) is 5.69 Å². The maximum atomic E-state index is 11.1. The van der Waals surface area contributed by atoms with E-state index in [1.165, 1.54) is 25.3 Å². The molecule has 0 unspecified atom stereocenters. The molecule has 2 atom stereocenters. The van der Waals surface area contributed by atoms with Gasteiger partial charge in [-0.1, -0.05) is 25.5 Å². The number of morpholine rings is 1. The first kappa shape index (κ1) is 17.4. The Morgan fingerprint density at radius 3 is 2.75 bits per heavy atom. The second kappa shape index (κ2) is 8.10. The average Bonchev–Trinajstić information content (AvgIpc) is 2.56. The SMILES string of the molecule is CCC[C@H]1COC[C@H]2CN(Cc3ccc(NC(C)=O)cc3)CCN12. The largest absolute Gasteiger partial charge is 0.378 e. The van der Waals surface area contributed by atoms with Crippen LogP contribution in [0.1, 0.15) is 32.3 Å². The van der Waals surface area contributed by atoms with Crippen LogP contribution in [0.3, 0.4) is 0 Å². The third-order valence-corrected chi connectivity index (χ3v) is 5.00. The van der Waals surface area contributed by atoms with Gasteiger partial charge in [0.1, 0.15) is 0 Å².